The molecule has 1 N–H and O–H groups in total. The Balaban J connectivity index is 2.55. The van der Waals surface area contributed by atoms with Crippen molar-refractivity contribution in [1.82, 2.24) is 24.5 Å². The maximum absolute atomic E-state index is 5.21. The molecule has 86 valence electrons. The molecule has 0 aliphatic heterocycles. The van der Waals surface area contributed by atoms with E-state index in [0.29, 0.717) is 4.77 Å². The lowest BCUT2D eigenvalue weighted by Crippen LogP contribution is -2.00. The Hall–Kier alpha value is -1.43. The van der Waals surface area contributed by atoms with Crippen LogP contribution in [0.5, 0.6) is 0 Å². The van der Waals surface area contributed by atoms with Crippen LogP contribution in [0, 0.1) is 11.7 Å². The highest BCUT2D eigenvalue weighted by Crippen LogP contribution is 2.20. The molecular formula is C10H15N5S. The second-order valence-electron chi connectivity index (χ2n) is 3.81. The number of aromatic nitrogens is 5. The van der Waals surface area contributed by atoms with Gasteiger partial charge >= 0.3 is 0 Å². The maximum Gasteiger partial charge on any atom is 0.195 e. The summed E-state index contributed by atoms with van der Waals surface area (Å²) in [5.74, 6) is 0.873. The molecule has 0 aromatic carbocycles. The van der Waals surface area contributed by atoms with Crippen molar-refractivity contribution in [3.05, 3.63) is 16.7 Å². The van der Waals surface area contributed by atoms with E-state index in [1.807, 2.05) is 24.7 Å². The molecule has 0 spiro atoms. The lowest BCUT2D eigenvalue weighted by atomic mass is 10.2. The first-order valence-corrected chi connectivity index (χ1v) is 5.70. The second kappa shape index (κ2) is 4.21. The van der Waals surface area contributed by atoms with E-state index in [1.54, 1.807) is 4.68 Å². The Kier molecular flexibility index (Phi) is 2.91. The molecule has 0 atom stereocenters. The van der Waals surface area contributed by atoms with E-state index in [0.717, 1.165) is 30.0 Å². The van der Waals surface area contributed by atoms with Crippen LogP contribution in [0.2, 0.25) is 0 Å². The molecule has 2 heterocycles. The highest BCUT2D eigenvalue weighted by molar-refractivity contribution is 7.71. The van der Waals surface area contributed by atoms with Gasteiger partial charge in [-0.3, -0.25) is 9.78 Å². The van der Waals surface area contributed by atoms with Gasteiger partial charge in [-0.2, -0.15) is 10.2 Å². The Morgan fingerprint density at radius 1 is 1.50 bits per heavy atom. The van der Waals surface area contributed by atoms with Crippen molar-refractivity contribution < 1.29 is 0 Å². The Morgan fingerprint density at radius 3 is 2.81 bits per heavy atom. The van der Waals surface area contributed by atoms with E-state index < -0.39 is 0 Å². The first-order chi connectivity index (χ1) is 7.63. The molecule has 0 unspecified atom stereocenters. The van der Waals surface area contributed by atoms with Crippen LogP contribution in [0.25, 0.3) is 11.4 Å². The van der Waals surface area contributed by atoms with Crippen LogP contribution in [-0.2, 0) is 13.6 Å². The predicted molar refractivity (Wildman–Crippen MR) is 64.6 cm³/mol. The molecule has 0 amide bonds. The van der Waals surface area contributed by atoms with Gasteiger partial charge in [0.25, 0.3) is 0 Å². The summed E-state index contributed by atoms with van der Waals surface area (Å²) in [7, 11) is 1.90. The Bertz CT molecular complexity index is 548. The fourth-order valence-electron chi connectivity index (χ4n) is 1.77. The average Bonchev–Trinajstić information content (AvgIpc) is 2.73. The highest BCUT2D eigenvalue weighted by atomic mass is 32.1. The predicted octanol–water partition coefficient (Wildman–Crippen LogP) is 2.06. The van der Waals surface area contributed by atoms with E-state index in [9.17, 15) is 0 Å². The smallest absolute Gasteiger partial charge is 0.195 e. The van der Waals surface area contributed by atoms with Crippen LogP contribution >= 0.6 is 12.2 Å². The first kappa shape index (κ1) is 11.1. The van der Waals surface area contributed by atoms with Crippen molar-refractivity contribution in [2.24, 2.45) is 7.05 Å². The van der Waals surface area contributed by atoms with Gasteiger partial charge < -0.3 is 4.57 Å². The van der Waals surface area contributed by atoms with Crippen molar-refractivity contribution in [2.75, 3.05) is 0 Å². The summed E-state index contributed by atoms with van der Waals surface area (Å²) in [5.41, 5.74) is 2.00. The van der Waals surface area contributed by atoms with E-state index in [1.165, 1.54) is 0 Å². The van der Waals surface area contributed by atoms with E-state index in [2.05, 4.69) is 22.2 Å². The molecule has 0 saturated carbocycles. The summed E-state index contributed by atoms with van der Waals surface area (Å²) >= 11 is 5.21. The number of H-pyrrole nitrogens is 1. The number of aryl methyl sites for hydroxylation is 2. The van der Waals surface area contributed by atoms with Crippen LogP contribution < -0.4 is 0 Å². The molecule has 2 aromatic heterocycles. The molecule has 2 rings (SSSR count). The zero-order chi connectivity index (χ0) is 11.7. The van der Waals surface area contributed by atoms with Crippen LogP contribution in [0.3, 0.4) is 0 Å². The van der Waals surface area contributed by atoms with Gasteiger partial charge in [-0.1, -0.05) is 6.92 Å². The molecule has 0 aliphatic rings. The fourth-order valence-corrected chi connectivity index (χ4v) is 2.00. The van der Waals surface area contributed by atoms with Crippen molar-refractivity contribution in [3.63, 3.8) is 0 Å². The van der Waals surface area contributed by atoms with Crippen molar-refractivity contribution >= 4 is 12.2 Å². The molecule has 16 heavy (non-hydrogen) atoms. The van der Waals surface area contributed by atoms with E-state index in [4.69, 9.17) is 12.2 Å². The van der Waals surface area contributed by atoms with Crippen LogP contribution in [-0.4, -0.2) is 24.5 Å². The van der Waals surface area contributed by atoms with Gasteiger partial charge in [0, 0.05) is 19.8 Å². The topological polar surface area (TPSA) is 51.4 Å². The van der Waals surface area contributed by atoms with Gasteiger partial charge in [0.05, 0.1) is 11.3 Å². The van der Waals surface area contributed by atoms with Gasteiger partial charge in [0.2, 0.25) is 0 Å². The standard InChI is InChI=1S/C10H15N5S/c1-4-5-15-9(11-12-10(15)16)8-6-14(3)13-7(8)2/h6H,4-5H2,1-3H3,(H,12,16). The van der Waals surface area contributed by atoms with Crippen molar-refractivity contribution in [3.8, 4) is 11.4 Å². The van der Waals surface area contributed by atoms with Crippen molar-refractivity contribution in [2.45, 2.75) is 26.8 Å². The summed E-state index contributed by atoms with van der Waals surface area (Å²) in [6, 6.07) is 0. The molecule has 0 radical (unpaired) electrons. The Labute approximate surface area is 99.1 Å². The van der Waals surface area contributed by atoms with Gasteiger partial charge in [-0.05, 0) is 25.6 Å². The van der Waals surface area contributed by atoms with Gasteiger partial charge in [0.1, 0.15) is 0 Å². The summed E-state index contributed by atoms with van der Waals surface area (Å²) < 4.78 is 4.47. The van der Waals surface area contributed by atoms with Gasteiger partial charge in [-0.15, -0.1) is 0 Å². The lowest BCUT2D eigenvalue weighted by molar-refractivity contribution is 0.674. The minimum atomic E-state index is 0.667. The number of hydrogen-bond acceptors (Lipinski definition) is 3. The first-order valence-electron chi connectivity index (χ1n) is 5.29. The maximum atomic E-state index is 5.21. The normalized spacial score (nSPS) is 10.9. The summed E-state index contributed by atoms with van der Waals surface area (Å²) in [4.78, 5) is 0. The minimum Gasteiger partial charge on any atom is -0.300 e. The van der Waals surface area contributed by atoms with Crippen LogP contribution in [0.15, 0.2) is 6.20 Å². The molecule has 0 saturated heterocycles. The minimum absolute atomic E-state index is 0.667. The molecule has 5 nitrogen and oxygen atoms in total. The zero-order valence-electron chi connectivity index (χ0n) is 9.69. The number of nitrogens with zero attached hydrogens (tertiary/aromatic N) is 4. The Morgan fingerprint density at radius 2 is 2.25 bits per heavy atom. The van der Waals surface area contributed by atoms with Crippen molar-refractivity contribution in [1.29, 1.82) is 0 Å². The second-order valence-corrected chi connectivity index (χ2v) is 4.19. The average molecular weight is 237 g/mol. The lowest BCUT2D eigenvalue weighted by Gasteiger charge is -2.03. The summed E-state index contributed by atoms with van der Waals surface area (Å²) in [6.45, 7) is 4.97. The molecule has 6 heteroatoms. The SMILES string of the molecule is CCCn1c(-c2cn(C)nc2C)n[nH]c1=S. The number of nitrogens with one attached hydrogen (secondary N) is 1. The number of rotatable bonds is 3. The van der Waals surface area contributed by atoms with Gasteiger partial charge in [0.15, 0.2) is 10.6 Å². The van der Waals surface area contributed by atoms with Gasteiger partial charge in [-0.25, -0.2) is 0 Å². The van der Waals surface area contributed by atoms with Crippen LogP contribution in [0.1, 0.15) is 19.0 Å². The third-order valence-corrected chi connectivity index (χ3v) is 2.77. The summed E-state index contributed by atoms with van der Waals surface area (Å²) in [6.07, 6.45) is 2.99. The van der Waals surface area contributed by atoms with E-state index in [-0.39, 0.29) is 0 Å². The molecule has 2 aromatic rings. The molecule has 0 bridgehead atoms. The van der Waals surface area contributed by atoms with Crippen LogP contribution in [0.4, 0.5) is 0 Å². The molecular weight excluding hydrogens is 222 g/mol. The third-order valence-electron chi connectivity index (χ3n) is 2.46. The largest absolute Gasteiger partial charge is 0.300 e. The summed E-state index contributed by atoms with van der Waals surface area (Å²) in [5, 5.41) is 11.4. The number of aromatic amines is 1. The highest BCUT2D eigenvalue weighted by Gasteiger charge is 2.13. The molecule has 0 aliphatic carbocycles. The quantitative estimate of drug-likeness (QED) is 0.831. The number of hydrogen-bond donors (Lipinski definition) is 1. The zero-order valence-corrected chi connectivity index (χ0v) is 10.5. The van der Waals surface area contributed by atoms with E-state index >= 15 is 0 Å². The fraction of sp³-hybridized carbons (Fsp3) is 0.500. The molecule has 0 fully saturated rings. The monoisotopic (exact) mass is 237 g/mol. The third kappa shape index (κ3) is 1.80.